The molecule has 0 spiro atoms. The summed E-state index contributed by atoms with van der Waals surface area (Å²) in [6.07, 6.45) is 2.49. The molecular weight excluding hydrogens is 168 g/mol. The molecular formula is C9H12N2O2. The number of hydrogen-bond donors (Lipinski definition) is 2. The van der Waals surface area contributed by atoms with Gasteiger partial charge in [0.05, 0.1) is 6.10 Å². The largest absolute Gasteiger partial charge is 0.372 e. The van der Waals surface area contributed by atoms with E-state index in [0.717, 1.165) is 12.0 Å². The van der Waals surface area contributed by atoms with Crippen molar-refractivity contribution in [2.24, 2.45) is 5.73 Å². The minimum atomic E-state index is -0.102. The Morgan fingerprint density at radius 3 is 2.92 bits per heavy atom. The summed E-state index contributed by atoms with van der Waals surface area (Å²) in [5.41, 5.74) is 6.68. The van der Waals surface area contributed by atoms with Crippen LogP contribution in [0.4, 0.5) is 0 Å². The van der Waals surface area contributed by atoms with Gasteiger partial charge in [0.2, 0.25) is 5.56 Å². The third-order valence-corrected chi connectivity index (χ3v) is 2.27. The molecule has 2 atom stereocenters. The molecule has 4 nitrogen and oxygen atoms in total. The third-order valence-electron chi connectivity index (χ3n) is 2.27. The number of nitrogens with one attached hydrogen (secondary N) is 1. The van der Waals surface area contributed by atoms with Crippen LogP contribution in [0.3, 0.4) is 0 Å². The molecule has 4 heteroatoms. The molecule has 0 aliphatic carbocycles. The first-order valence-corrected chi connectivity index (χ1v) is 4.33. The van der Waals surface area contributed by atoms with Crippen molar-refractivity contribution < 1.29 is 4.74 Å². The van der Waals surface area contributed by atoms with Gasteiger partial charge in [0.25, 0.3) is 0 Å². The van der Waals surface area contributed by atoms with Gasteiger partial charge in [-0.2, -0.15) is 0 Å². The highest BCUT2D eigenvalue weighted by molar-refractivity contribution is 5.15. The zero-order valence-electron chi connectivity index (χ0n) is 7.19. The van der Waals surface area contributed by atoms with Gasteiger partial charge >= 0.3 is 0 Å². The standard InChI is InChI=1S/C9H12N2O2/c10-7-3-4-13-9(7)6-1-2-8(12)11-5-6/h1-2,5,7,9H,3-4,10H2,(H,11,12)/t7-,9-/m1/s1. The van der Waals surface area contributed by atoms with Crippen LogP contribution < -0.4 is 11.3 Å². The van der Waals surface area contributed by atoms with Gasteiger partial charge in [0.1, 0.15) is 0 Å². The smallest absolute Gasteiger partial charge is 0.247 e. The molecule has 0 amide bonds. The van der Waals surface area contributed by atoms with Crippen molar-refractivity contribution in [2.75, 3.05) is 6.61 Å². The zero-order chi connectivity index (χ0) is 9.26. The van der Waals surface area contributed by atoms with Crippen LogP contribution in [0.15, 0.2) is 23.1 Å². The molecule has 1 saturated heterocycles. The highest BCUT2D eigenvalue weighted by Crippen LogP contribution is 2.26. The number of pyridine rings is 1. The fraction of sp³-hybridized carbons (Fsp3) is 0.444. The van der Waals surface area contributed by atoms with Crippen LogP contribution in [0.25, 0.3) is 0 Å². The summed E-state index contributed by atoms with van der Waals surface area (Å²) in [5.74, 6) is 0. The van der Waals surface area contributed by atoms with E-state index in [1.165, 1.54) is 6.07 Å². The van der Waals surface area contributed by atoms with Crippen LogP contribution in [-0.2, 0) is 4.74 Å². The van der Waals surface area contributed by atoms with Gasteiger partial charge in [-0.3, -0.25) is 4.79 Å². The molecule has 0 bridgehead atoms. The normalized spacial score (nSPS) is 27.8. The van der Waals surface area contributed by atoms with Gasteiger partial charge in [0.15, 0.2) is 0 Å². The third kappa shape index (κ3) is 1.64. The van der Waals surface area contributed by atoms with Crippen molar-refractivity contribution >= 4 is 0 Å². The van der Waals surface area contributed by atoms with E-state index >= 15 is 0 Å². The minimum Gasteiger partial charge on any atom is -0.372 e. The maximum atomic E-state index is 10.8. The molecule has 1 aromatic heterocycles. The number of nitrogens with two attached hydrogens (primary N) is 1. The molecule has 13 heavy (non-hydrogen) atoms. The lowest BCUT2D eigenvalue weighted by Crippen LogP contribution is -2.24. The van der Waals surface area contributed by atoms with E-state index in [4.69, 9.17) is 10.5 Å². The molecule has 1 aliphatic rings. The Kier molecular flexibility index (Phi) is 2.16. The minimum absolute atomic E-state index is 0.0471. The van der Waals surface area contributed by atoms with Crippen LogP contribution >= 0.6 is 0 Å². The van der Waals surface area contributed by atoms with Crippen molar-refractivity contribution in [3.05, 3.63) is 34.2 Å². The first-order chi connectivity index (χ1) is 6.27. The molecule has 3 N–H and O–H groups in total. The van der Waals surface area contributed by atoms with E-state index in [-0.39, 0.29) is 17.7 Å². The predicted molar refractivity (Wildman–Crippen MR) is 48.3 cm³/mol. The first-order valence-electron chi connectivity index (χ1n) is 4.33. The van der Waals surface area contributed by atoms with Crippen LogP contribution in [0.2, 0.25) is 0 Å². The number of rotatable bonds is 1. The molecule has 1 aliphatic heterocycles. The monoisotopic (exact) mass is 180 g/mol. The summed E-state index contributed by atoms with van der Waals surface area (Å²) >= 11 is 0. The molecule has 70 valence electrons. The predicted octanol–water partition coefficient (Wildman–Crippen LogP) is 0.164. The van der Waals surface area contributed by atoms with Gasteiger partial charge in [-0.15, -0.1) is 0 Å². The molecule has 1 fully saturated rings. The number of ether oxygens (including phenoxy) is 1. The van der Waals surface area contributed by atoms with E-state index in [0.29, 0.717) is 6.61 Å². The number of H-pyrrole nitrogens is 1. The molecule has 0 radical (unpaired) electrons. The van der Waals surface area contributed by atoms with E-state index in [9.17, 15) is 4.79 Å². The number of aromatic nitrogens is 1. The fourth-order valence-corrected chi connectivity index (χ4v) is 1.55. The van der Waals surface area contributed by atoms with Crippen LogP contribution in [0, 0.1) is 0 Å². The fourth-order valence-electron chi connectivity index (χ4n) is 1.55. The SMILES string of the molecule is N[C@@H]1CCO[C@@H]1c1ccc(=O)[nH]c1. The van der Waals surface area contributed by atoms with Crippen molar-refractivity contribution in [1.29, 1.82) is 0 Å². The Hall–Kier alpha value is -1.13. The summed E-state index contributed by atoms with van der Waals surface area (Å²) in [6.45, 7) is 0.699. The van der Waals surface area contributed by atoms with Crippen molar-refractivity contribution in [3.63, 3.8) is 0 Å². The first kappa shape index (κ1) is 8.47. The molecule has 0 aromatic carbocycles. The maximum absolute atomic E-state index is 10.8. The van der Waals surface area contributed by atoms with Crippen molar-refractivity contribution in [3.8, 4) is 0 Å². The summed E-state index contributed by atoms with van der Waals surface area (Å²) < 4.78 is 5.44. The lowest BCUT2D eigenvalue weighted by atomic mass is 10.1. The Balaban J connectivity index is 2.25. The van der Waals surface area contributed by atoms with Gasteiger partial charge in [-0.05, 0) is 18.1 Å². The molecule has 0 unspecified atom stereocenters. The van der Waals surface area contributed by atoms with Crippen LogP contribution in [0.5, 0.6) is 0 Å². The summed E-state index contributed by atoms with van der Waals surface area (Å²) in [5, 5.41) is 0. The maximum Gasteiger partial charge on any atom is 0.247 e. The highest BCUT2D eigenvalue weighted by atomic mass is 16.5. The Labute approximate surface area is 75.7 Å². The second-order valence-corrected chi connectivity index (χ2v) is 3.23. The quantitative estimate of drug-likeness (QED) is 0.647. The second-order valence-electron chi connectivity index (χ2n) is 3.23. The highest BCUT2D eigenvalue weighted by Gasteiger charge is 2.26. The summed E-state index contributed by atoms with van der Waals surface area (Å²) in [4.78, 5) is 13.4. The Morgan fingerprint density at radius 1 is 1.54 bits per heavy atom. The van der Waals surface area contributed by atoms with Crippen molar-refractivity contribution in [2.45, 2.75) is 18.6 Å². The number of hydrogen-bond acceptors (Lipinski definition) is 3. The average Bonchev–Trinajstić information content (AvgIpc) is 2.53. The Bertz CT molecular complexity index is 327. The van der Waals surface area contributed by atoms with Gasteiger partial charge in [-0.25, -0.2) is 0 Å². The Morgan fingerprint density at radius 2 is 2.38 bits per heavy atom. The summed E-state index contributed by atoms with van der Waals surface area (Å²) in [6, 6.07) is 3.30. The van der Waals surface area contributed by atoms with Gasteiger partial charge in [-0.1, -0.05) is 0 Å². The second kappa shape index (κ2) is 3.32. The number of aromatic amines is 1. The topological polar surface area (TPSA) is 68.1 Å². The van der Waals surface area contributed by atoms with E-state index in [2.05, 4.69) is 4.98 Å². The molecule has 2 heterocycles. The summed E-state index contributed by atoms with van der Waals surface area (Å²) in [7, 11) is 0. The van der Waals surface area contributed by atoms with E-state index in [1.54, 1.807) is 12.3 Å². The zero-order valence-corrected chi connectivity index (χ0v) is 7.19. The van der Waals surface area contributed by atoms with E-state index in [1.807, 2.05) is 0 Å². The molecule has 1 aromatic rings. The van der Waals surface area contributed by atoms with E-state index < -0.39 is 0 Å². The average molecular weight is 180 g/mol. The van der Waals surface area contributed by atoms with Gasteiger partial charge < -0.3 is 15.5 Å². The van der Waals surface area contributed by atoms with Crippen molar-refractivity contribution in [1.82, 2.24) is 4.98 Å². The molecule has 2 rings (SSSR count). The lowest BCUT2D eigenvalue weighted by molar-refractivity contribution is 0.105. The molecule has 0 saturated carbocycles. The van der Waals surface area contributed by atoms with Crippen LogP contribution in [0.1, 0.15) is 18.1 Å². The lowest BCUT2D eigenvalue weighted by Gasteiger charge is -2.13. The van der Waals surface area contributed by atoms with Crippen LogP contribution in [-0.4, -0.2) is 17.6 Å². The van der Waals surface area contributed by atoms with Gasteiger partial charge in [0, 0.05) is 24.9 Å².